The number of fused-ring (bicyclic) bond motifs is 3. The maximum Gasteiger partial charge on any atom is 0.335 e. The number of nitrogens with one attached hydrogen (secondary N) is 1. The molecule has 1 spiro atoms. The number of nitrogens with zero attached hydrogens (tertiary/aromatic N) is 1. The summed E-state index contributed by atoms with van der Waals surface area (Å²) in [6, 6.07) is 6.80. The van der Waals surface area contributed by atoms with Crippen LogP contribution < -0.4 is 11.1 Å². The molecule has 6 heteroatoms. The number of carboxylic acid groups (broad SMARTS) is 1. The van der Waals surface area contributed by atoms with Gasteiger partial charge in [0, 0.05) is 5.56 Å². The van der Waals surface area contributed by atoms with Crippen LogP contribution in [-0.2, 0) is 23.1 Å². The minimum Gasteiger partial charge on any atom is -0.478 e. The smallest absolute Gasteiger partial charge is 0.335 e. The molecule has 4 rings (SSSR count). The second-order valence-electron chi connectivity index (χ2n) is 5.84. The van der Waals surface area contributed by atoms with Crippen LogP contribution in [0.2, 0.25) is 0 Å². The number of anilines is 2. The number of benzene rings is 1. The van der Waals surface area contributed by atoms with Gasteiger partial charge in [-0.25, -0.2) is 9.78 Å². The Labute approximate surface area is 126 Å². The van der Waals surface area contributed by atoms with Crippen molar-refractivity contribution in [2.24, 2.45) is 0 Å². The summed E-state index contributed by atoms with van der Waals surface area (Å²) >= 11 is 0. The Hall–Kier alpha value is -2.89. The summed E-state index contributed by atoms with van der Waals surface area (Å²) in [5.74, 6) is -0.523. The number of nitrogen functional groups attached to an aromatic ring is 1. The number of rotatable bonds is 1. The number of pyridine rings is 1. The minimum absolute atomic E-state index is 0.103. The summed E-state index contributed by atoms with van der Waals surface area (Å²) in [5, 5.41) is 11.9. The zero-order valence-electron chi connectivity index (χ0n) is 11.6. The van der Waals surface area contributed by atoms with Gasteiger partial charge in [-0.15, -0.1) is 0 Å². The number of carbonyl (C=O) groups is 2. The number of carbonyl (C=O) groups excluding carboxylic acids is 1. The first kappa shape index (κ1) is 12.8. The third-order valence-corrected chi connectivity index (χ3v) is 4.53. The molecule has 0 saturated carbocycles. The fourth-order valence-corrected chi connectivity index (χ4v) is 3.45. The van der Waals surface area contributed by atoms with E-state index in [1.54, 1.807) is 24.3 Å². The van der Waals surface area contributed by atoms with Crippen molar-refractivity contribution in [2.75, 3.05) is 11.1 Å². The molecule has 1 amide bonds. The fraction of sp³-hybridized carbons (Fsp3) is 0.188. The number of hydrogen-bond donors (Lipinski definition) is 3. The minimum atomic E-state index is -0.967. The van der Waals surface area contributed by atoms with Gasteiger partial charge >= 0.3 is 5.97 Å². The zero-order chi connectivity index (χ0) is 15.5. The maximum absolute atomic E-state index is 12.5. The molecule has 0 fully saturated rings. The molecular formula is C16H13N3O3. The van der Waals surface area contributed by atoms with Crippen molar-refractivity contribution in [1.29, 1.82) is 0 Å². The SMILES string of the molecule is Nc1cnc2c(c1)[C@]1(Cc3ccc(C(=O)O)cc3C1)C(=O)N2. The Morgan fingerprint density at radius 2 is 2.05 bits per heavy atom. The van der Waals surface area contributed by atoms with E-state index in [-0.39, 0.29) is 11.5 Å². The van der Waals surface area contributed by atoms with Crippen molar-refractivity contribution in [3.05, 3.63) is 52.7 Å². The van der Waals surface area contributed by atoms with Crippen molar-refractivity contribution in [3.8, 4) is 0 Å². The van der Waals surface area contributed by atoms with Crippen molar-refractivity contribution >= 4 is 23.4 Å². The van der Waals surface area contributed by atoms with Crippen LogP contribution in [0.5, 0.6) is 0 Å². The average molecular weight is 295 g/mol. The molecule has 4 N–H and O–H groups in total. The summed E-state index contributed by atoms with van der Waals surface area (Å²) < 4.78 is 0. The number of aromatic carboxylic acids is 1. The van der Waals surface area contributed by atoms with E-state index in [4.69, 9.17) is 10.8 Å². The molecule has 0 saturated heterocycles. The molecule has 1 atom stereocenters. The number of nitrogens with two attached hydrogens (primary N) is 1. The van der Waals surface area contributed by atoms with Gasteiger partial charge in [-0.3, -0.25) is 4.79 Å². The molecule has 6 nitrogen and oxygen atoms in total. The first-order valence-electron chi connectivity index (χ1n) is 6.92. The molecule has 0 unspecified atom stereocenters. The van der Waals surface area contributed by atoms with Gasteiger partial charge in [-0.2, -0.15) is 0 Å². The first-order chi connectivity index (χ1) is 10.5. The van der Waals surface area contributed by atoms with E-state index in [0.29, 0.717) is 24.3 Å². The standard InChI is InChI=1S/C16H13N3O3/c17-11-4-12-13(18-7-11)19-15(22)16(12)5-9-2-1-8(14(20)21)3-10(9)6-16/h1-4,7H,5-6,17H2,(H,20,21)(H,18,19,22)/t16-/m1/s1. The molecule has 1 aromatic heterocycles. The lowest BCUT2D eigenvalue weighted by atomic mass is 9.79. The highest BCUT2D eigenvalue weighted by atomic mass is 16.4. The van der Waals surface area contributed by atoms with Crippen LogP contribution >= 0.6 is 0 Å². The lowest BCUT2D eigenvalue weighted by Crippen LogP contribution is -2.35. The Kier molecular flexibility index (Phi) is 2.37. The number of aromatic nitrogens is 1. The molecule has 0 bridgehead atoms. The van der Waals surface area contributed by atoms with Crippen LogP contribution in [0.15, 0.2) is 30.5 Å². The van der Waals surface area contributed by atoms with Crippen LogP contribution in [0.1, 0.15) is 27.0 Å². The highest BCUT2D eigenvalue weighted by Crippen LogP contribution is 2.47. The Bertz CT molecular complexity index is 847. The normalized spacial score (nSPS) is 21.5. The Morgan fingerprint density at radius 3 is 2.82 bits per heavy atom. The number of hydrogen-bond acceptors (Lipinski definition) is 4. The molecular weight excluding hydrogens is 282 g/mol. The molecule has 2 heterocycles. The van der Waals surface area contributed by atoms with Gasteiger partial charge < -0.3 is 16.2 Å². The summed E-state index contributed by atoms with van der Waals surface area (Å²) in [5.41, 5.74) is 8.53. The average Bonchev–Trinajstić information content (AvgIpc) is 2.99. The molecule has 2 aromatic rings. The second-order valence-corrected chi connectivity index (χ2v) is 5.84. The van der Waals surface area contributed by atoms with Crippen molar-refractivity contribution < 1.29 is 14.7 Å². The molecule has 0 radical (unpaired) electrons. The Morgan fingerprint density at radius 1 is 1.27 bits per heavy atom. The quantitative estimate of drug-likeness (QED) is 0.736. The second kappa shape index (κ2) is 4.07. The zero-order valence-corrected chi connectivity index (χ0v) is 11.6. The summed E-state index contributed by atoms with van der Waals surface area (Å²) in [6.45, 7) is 0. The maximum atomic E-state index is 12.5. The van der Waals surface area contributed by atoms with Gasteiger partial charge in [0.15, 0.2) is 0 Å². The first-order valence-corrected chi connectivity index (χ1v) is 6.92. The van der Waals surface area contributed by atoms with Crippen LogP contribution in [0, 0.1) is 0 Å². The fourth-order valence-electron chi connectivity index (χ4n) is 3.45. The van der Waals surface area contributed by atoms with Crippen LogP contribution in [0.4, 0.5) is 11.5 Å². The van der Waals surface area contributed by atoms with E-state index in [0.717, 1.165) is 16.7 Å². The van der Waals surface area contributed by atoms with Gasteiger partial charge in [0.05, 0.1) is 22.9 Å². The van der Waals surface area contributed by atoms with Gasteiger partial charge in [0.25, 0.3) is 0 Å². The van der Waals surface area contributed by atoms with Crippen LogP contribution in [0.25, 0.3) is 0 Å². The van der Waals surface area contributed by atoms with Crippen LogP contribution in [0.3, 0.4) is 0 Å². The van der Waals surface area contributed by atoms with Gasteiger partial charge in [0.1, 0.15) is 5.82 Å². The number of amides is 1. The van der Waals surface area contributed by atoms with Gasteiger partial charge in [-0.1, -0.05) is 6.07 Å². The summed E-state index contributed by atoms with van der Waals surface area (Å²) in [6.07, 6.45) is 2.52. The number of carboxylic acids is 1. The van der Waals surface area contributed by atoms with E-state index in [1.165, 1.54) is 6.20 Å². The molecule has 1 aliphatic carbocycles. The molecule has 2 aliphatic rings. The lowest BCUT2D eigenvalue weighted by molar-refractivity contribution is -0.120. The highest BCUT2D eigenvalue weighted by Gasteiger charge is 2.51. The van der Waals surface area contributed by atoms with E-state index in [2.05, 4.69) is 10.3 Å². The van der Waals surface area contributed by atoms with Gasteiger partial charge in [0.2, 0.25) is 5.91 Å². The molecule has 22 heavy (non-hydrogen) atoms. The van der Waals surface area contributed by atoms with E-state index in [1.807, 2.05) is 0 Å². The molecule has 110 valence electrons. The van der Waals surface area contributed by atoms with E-state index >= 15 is 0 Å². The van der Waals surface area contributed by atoms with Crippen molar-refractivity contribution in [3.63, 3.8) is 0 Å². The summed E-state index contributed by atoms with van der Waals surface area (Å²) in [4.78, 5) is 27.8. The van der Waals surface area contributed by atoms with E-state index in [9.17, 15) is 9.59 Å². The monoisotopic (exact) mass is 295 g/mol. The summed E-state index contributed by atoms with van der Waals surface area (Å²) in [7, 11) is 0. The Balaban J connectivity index is 1.84. The largest absolute Gasteiger partial charge is 0.478 e. The lowest BCUT2D eigenvalue weighted by Gasteiger charge is -2.20. The predicted octanol–water partition coefficient (Wildman–Crippen LogP) is 1.35. The highest BCUT2D eigenvalue weighted by molar-refractivity contribution is 6.06. The van der Waals surface area contributed by atoms with Gasteiger partial charge in [-0.05, 0) is 42.2 Å². The third-order valence-electron chi connectivity index (χ3n) is 4.53. The molecule has 1 aromatic carbocycles. The van der Waals surface area contributed by atoms with E-state index < -0.39 is 11.4 Å². The topological polar surface area (TPSA) is 105 Å². The van der Waals surface area contributed by atoms with Crippen molar-refractivity contribution in [2.45, 2.75) is 18.3 Å². The predicted molar refractivity (Wildman–Crippen MR) is 79.8 cm³/mol. The third kappa shape index (κ3) is 1.57. The van der Waals surface area contributed by atoms with Crippen molar-refractivity contribution in [1.82, 2.24) is 4.98 Å². The molecule has 1 aliphatic heterocycles. The van der Waals surface area contributed by atoms with Crippen LogP contribution in [-0.4, -0.2) is 22.0 Å².